The highest BCUT2D eigenvalue weighted by atomic mass is 35.5. The number of anilines is 1. The maximum absolute atomic E-state index is 12.9. The number of amidine groups is 1. The van der Waals surface area contributed by atoms with Crippen LogP contribution in [0.2, 0.25) is 0 Å². The molecule has 34 heavy (non-hydrogen) atoms. The summed E-state index contributed by atoms with van der Waals surface area (Å²) in [6, 6.07) is 6.67. The number of fused-ring (bicyclic) bond motifs is 1. The normalized spacial score (nSPS) is 21.0. The summed E-state index contributed by atoms with van der Waals surface area (Å²) in [5.41, 5.74) is 1.94. The molecule has 0 radical (unpaired) electrons. The Bertz CT molecular complexity index is 987. The minimum Gasteiger partial charge on any atom is -0.374 e. The van der Waals surface area contributed by atoms with E-state index in [4.69, 9.17) is 9.98 Å². The average molecular weight is 510 g/mol. The summed E-state index contributed by atoms with van der Waals surface area (Å²) in [6.45, 7) is 7.25. The quantitative estimate of drug-likeness (QED) is 0.477. The van der Waals surface area contributed by atoms with Crippen LogP contribution in [-0.2, 0) is 0 Å². The van der Waals surface area contributed by atoms with Crippen molar-refractivity contribution in [2.45, 2.75) is 90.3 Å². The van der Waals surface area contributed by atoms with Crippen molar-refractivity contribution >= 4 is 53.3 Å². The number of halogens is 2. The van der Waals surface area contributed by atoms with Crippen LogP contribution in [-0.4, -0.2) is 46.4 Å². The molecular formula is C25H38Cl2N6O. The Kier molecular flexibility index (Phi) is 10.8. The Morgan fingerprint density at radius 3 is 2.62 bits per heavy atom. The lowest BCUT2D eigenvalue weighted by atomic mass is 9.90. The molecule has 1 amide bonds. The van der Waals surface area contributed by atoms with Gasteiger partial charge in [0.05, 0.1) is 17.4 Å². The van der Waals surface area contributed by atoms with Gasteiger partial charge < -0.3 is 16.0 Å². The average Bonchev–Trinajstić information content (AvgIpc) is 3.32. The molecule has 188 valence electrons. The maximum Gasteiger partial charge on any atom is 0.289 e. The van der Waals surface area contributed by atoms with Crippen LogP contribution in [0.15, 0.2) is 23.2 Å². The van der Waals surface area contributed by atoms with Gasteiger partial charge in [0.2, 0.25) is 5.82 Å². The van der Waals surface area contributed by atoms with E-state index >= 15 is 0 Å². The van der Waals surface area contributed by atoms with Crippen LogP contribution in [0.25, 0.3) is 10.9 Å². The Balaban J connectivity index is 0.00000204. The highest BCUT2D eigenvalue weighted by Crippen LogP contribution is 2.28. The molecule has 7 nitrogen and oxygen atoms in total. The summed E-state index contributed by atoms with van der Waals surface area (Å²) < 4.78 is 0. The number of nitrogens with zero attached hydrogens (tertiary/aromatic N) is 3. The van der Waals surface area contributed by atoms with Crippen LogP contribution < -0.4 is 16.0 Å². The van der Waals surface area contributed by atoms with Crippen LogP contribution in [0.1, 0.15) is 81.4 Å². The van der Waals surface area contributed by atoms with Crippen molar-refractivity contribution in [3.63, 3.8) is 0 Å². The molecule has 1 saturated heterocycles. The summed E-state index contributed by atoms with van der Waals surface area (Å²) in [5, 5.41) is 11.1. The van der Waals surface area contributed by atoms with Crippen molar-refractivity contribution in [2.24, 2.45) is 4.99 Å². The van der Waals surface area contributed by atoms with E-state index in [1.54, 1.807) is 0 Å². The first-order valence-electron chi connectivity index (χ1n) is 12.2. The van der Waals surface area contributed by atoms with E-state index in [-0.39, 0.29) is 54.7 Å². The first kappa shape index (κ1) is 28.1. The maximum atomic E-state index is 12.9. The fraction of sp³-hybridized carbons (Fsp3) is 0.600. The zero-order chi connectivity index (χ0) is 22.5. The molecule has 2 aliphatic rings. The summed E-state index contributed by atoms with van der Waals surface area (Å²) in [7, 11) is 0. The standard InChI is InChI=1S/C25H36N6O.2ClH/c1-4-17(5-2)27-25(32)24-29-19-13-12-16(3)15-18(19)23(31-24)30-21-10-7-6-9-20(21)28-22-11-8-14-26-22;;/h12-13,15,17,20-21H,4-11,14H2,1-3H3,(H,26,28)(H,27,32)(H,29,30,31);2*1H/t20-,21+;;/m1../s1. The van der Waals surface area contributed by atoms with Gasteiger partial charge in [-0.1, -0.05) is 38.3 Å². The molecular weight excluding hydrogens is 471 g/mol. The molecule has 9 heteroatoms. The minimum absolute atomic E-state index is 0. The monoisotopic (exact) mass is 508 g/mol. The third-order valence-corrected chi connectivity index (χ3v) is 6.67. The second-order valence-corrected chi connectivity index (χ2v) is 9.11. The summed E-state index contributed by atoms with van der Waals surface area (Å²) >= 11 is 0. The predicted octanol–water partition coefficient (Wildman–Crippen LogP) is 5.21. The molecule has 1 aromatic carbocycles. The Morgan fingerprint density at radius 2 is 1.91 bits per heavy atom. The molecule has 2 heterocycles. The topological polar surface area (TPSA) is 91.3 Å². The zero-order valence-electron chi connectivity index (χ0n) is 20.4. The van der Waals surface area contributed by atoms with Gasteiger partial charge in [0.1, 0.15) is 5.82 Å². The SMILES string of the molecule is CCC(CC)NC(=O)c1nc(N[C@H]2CCCC[C@H]2N=C2CCCN2)c2cc(C)ccc2n1.Cl.Cl. The Morgan fingerprint density at radius 1 is 1.15 bits per heavy atom. The van der Waals surface area contributed by atoms with E-state index in [1.165, 1.54) is 12.8 Å². The highest BCUT2D eigenvalue weighted by Gasteiger charge is 2.27. The van der Waals surface area contributed by atoms with Gasteiger partial charge in [-0.25, -0.2) is 9.97 Å². The van der Waals surface area contributed by atoms with Crippen molar-refractivity contribution in [2.75, 3.05) is 11.9 Å². The van der Waals surface area contributed by atoms with Gasteiger partial charge in [0, 0.05) is 30.4 Å². The molecule has 0 unspecified atom stereocenters. The summed E-state index contributed by atoms with van der Waals surface area (Å²) in [4.78, 5) is 27.3. The van der Waals surface area contributed by atoms with Gasteiger partial charge in [-0.05, 0) is 51.2 Å². The van der Waals surface area contributed by atoms with Gasteiger partial charge in [0.15, 0.2) is 0 Å². The minimum atomic E-state index is -0.209. The van der Waals surface area contributed by atoms with E-state index in [0.717, 1.165) is 73.2 Å². The molecule has 2 aromatic rings. The third kappa shape index (κ3) is 6.72. The van der Waals surface area contributed by atoms with Crippen LogP contribution in [0.4, 0.5) is 5.82 Å². The van der Waals surface area contributed by atoms with Gasteiger partial charge in [0.25, 0.3) is 5.91 Å². The molecule has 2 fully saturated rings. The van der Waals surface area contributed by atoms with Crippen LogP contribution in [0.3, 0.4) is 0 Å². The molecule has 2 atom stereocenters. The van der Waals surface area contributed by atoms with Gasteiger partial charge in [-0.2, -0.15) is 0 Å². The van der Waals surface area contributed by atoms with Gasteiger partial charge in [-0.3, -0.25) is 9.79 Å². The first-order chi connectivity index (χ1) is 15.6. The van der Waals surface area contributed by atoms with Crippen molar-refractivity contribution in [1.82, 2.24) is 20.6 Å². The molecule has 1 aliphatic carbocycles. The van der Waals surface area contributed by atoms with E-state index in [9.17, 15) is 4.79 Å². The zero-order valence-corrected chi connectivity index (χ0v) is 22.0. The van der Waals surface area contributed by atoms with E-state index in [2.05, 4.69) is 47.8 Å². The Hall–Kier alpha value is -2.12. The lowest BCUT2D eigenvalue weighted by Gasteiger charge is -2.30. The van der Waals surface area contributed by atoms with Crippen molar-refractivity contribution in [3.8, 4) is 0 Å². The third-order valence-electron chi connectivity index (χ3n) is 6.67. The van der Waals surface area contributed by atoms with Gasteiger partial charge in [-0.15, -0.1) is 24.8 Å². The number of hydrogen-bond acceptors (Lipinski definition) is 5. The number of aliphatic imine (C=N–C) groups is 1. The second kappa shape index (κ2) is 13.1. The number of hydrogen-bond donors (Lipinski definition) is 3. The summed E-state index contributed by atoms with van der Waals surface area (Å²) in [6.07, 6.45) is 8.48. The van der Waals surface area contributed by atoms with Crippen molar-refractivity contribution < 1.29 is 4.79 Å². The fourth-order valence-corrected chi connectivity index (χ4v) is 4.69. The van der Waals surface area contributed by atoms with E-state index in [0.29, 0.717) is 0 Å². The van der Waals surface area contributed by atoms with Crippen molar-refractivity contribution in [3.05, 3.63) is 29.6 Å². The number of rotatable bonds is 7. The highest BCUT2D eigenvalue weighted by molar-refractivity contribution is 5.96. The first-order valence-corrected chi connectivity index (χ1v) is 12.2. The van der Waals surface area contributed by atoms with Crippen LogP contribution in [0.5, 0.6) is 0 Å². The number of carbonyl (C=O) groups is 1. The van der Waals surface area contributed by atoms with Crippen molar-refractivity contribution in [1.29, 1.82) is 0 Å². The predicted molar refractivity (Wildman–Crippen MR) is 145 cm³/mol. The number of benzene rings is 1. The molecule has 0 bridgehead atoms. The molecule has 1 aliphatic heterocycles. The molecule has 1 saturated carbocycles. The second-order valence-electron chi connectivity index (χ2n) is 9.11. The lowest BCUT2D eigenvalue weighted by molar-refractivity contribution is 0.0924. The number of amides is 1. The Labute approximate surface area is 215 Å². The number of aryl methyl sites for hydroxylation is 1. The number of aromatic nitrogens is 2. The summed E-state index contributed by atoms with van der Waals surface area (Å²) in [5.74, 6) is 1.90. The number of nitrogens with one attached hydrogen (secondary N) is 3. The lowest BCUT2D eigenvalue weighted by Crippen LogP contribution is -2.38. The smallest absolute Gasteiger partial charge is 0.289 e. The fourth-order valence-electron chi connectivity index (χ4n) is 4.69. The van der Waals surface area contributed by atoms with Crippen LogP contribution >= 0.6 is 24.8 Å². The molecule has 0 spiro atoms. The van der Waals surface area contributed by atoms with Gasteiger partial charge >= 0.3 is 0 Å². The molecule has 4 rings (SSSR count). The van der Waals surface area contributed by atoms with Crippen LogP contribution in [0, 0.1) is 6.92 Å². The van der Waals surface area contributed by atoms with E-state index < -0.39 is 0 Å². The molecule has 3 N–H and O–H groups in total. The van der Waals surface area contributed by atoms with E-state index in [1.807, 2.05) is 12.1 Å². The number of carbonyl (C=O) groups excluding carboxylic acids is 1. The largest absolute Gasteiger partial charge is 0.374 e. The molecule has 1 aromatic heterocycles.